The van der Waals surface area contributed by atoms with Crippen molar-refractivity contribution in [1.82, 2.24) is 14.6 Å². The number of aliphatic hydroxyl groups excluding tert-OH is 2. The Bertz CT molecular complexity index is 1580. The third kappa shape index (κ3) is 7.39. The fraction of sp³-hybridized carbons (Fsp3) is 0.346. The van der Waals surface area contributed by atoms with Gasteiger partial charge in [-0.15, -0.1) is 0 Å². The Balaban J connectivity index is 1.59. The Hall–Kier alpha value is -4.27. The van der Waals surface area contributed by atoms with E-state index in [2.05, 4.69) is 20.1 Å². The minimum Gasteiger partial charge on any atom is -0.459 e. The summed E-state index contributed by atoms with van der Waals surface area (Å²) < 4.78 is 37.3. The fourth-order valence-corrected chi connectivity index (χ4v) is 5.78. The zero-order chi connectivity index (χ0) is 31.3. The lowest BCUT2D eigenvalue weighted by atomic mass is 10.1. The Morgan fingerprint density at radius 1 is 1.21 bits per heavy atom. The molecule has 4 rings (SSSR count). The summed E-state index contributed by atoms with van der Waals surface area (Å²) in [6, 6.07) is 18.0. The minimum absolute atomic E-state index is 0.0614. The van der Waals surface area contributed by atoms with Crippen molar-refractivity contribution in [3.8, 4) is 5.75 Å². The largest absolute Gasteiger partial charge is 0.459 e. The Morgan fingerprint density at radius 2 is 1.86 bits per heavy atom. The smallest absolute Gasteiger partial charge is 0.459 e. The molecule has 3 aromatic rings. The molecule has 2 heterocycles. The van der Waals surface area contributed by atoms with Gasteiger partial charge in [-0.25, -0.2) is 9.36 Å². The second-order valence-corrected chi connectivity index (χ2v) is 11.7. The third-order valence-corrected chi connectivity index (χ3v) is 8.04. The first-order valence-corrected chi connectivity index (χ1v) is 14.4. The summed E-state index contributed by atoms with van der Waals surface area (Å²) in [7, 11) is -4.59. The van der Waals surface area contributed by atoms with Crippen LogP contribution in [0.3, 0.4) is 0 Å². The van der Waals surface area contributed by atoms with E-state index in [0.29, 0.717) is 0 Å². The van der Waals surface area contributed by atoms with Gasteiger partial charge in [-0.05, 0) is 43.1 Å². The molecule has 1 aliphatic rings. The quantitative estimate of drug-likeness (QED) is 0.0756. The molecule has 2 aromatic carbocycles. The normalized spacial score (nSPS) is 23.1. The molecule has 1 aliphatic heterocycles. The number of nitrogens with one attached hydrogen (secondary N) is 1. The van der Waals surface area contributed by atoms with Gasteiger partial charge in [-0.1, -0.05) is 53.6 Å². The number of anilines is 1. The van der Waals surface area contributed by atoms with E-state index in [9.17, 15) is 29.9 Å². The number of aromatic nitrogens is 2. The Morgan fingerprint density at radius 3 is 2.49 bits per heavy atom. The molecule has 0 saturated carbocycles. The van der Waals surface area contributed by atoms with Crippen LogP contribution in [0.4, 0.5) is 5.82 Å². The summed E-state index contributed by atoms with van der Waals surface area (Å²) in [6.45, 7) is 1.74. The van der Waals surface area contributed by atoms with E-state index < -0.39 is 55.7 Å². The number of nitrogen functional groups attached to an aromatic ring is 1. The topological polar surface area (TPSA) is 233 Å². The molecule has 1 fully saturated rings. The molecule has 17 heteroatoms. The highest BCUT2D eigenvalue weighted by Crippen LogP contribution is 2.49. The highest BCUT2D eigenvalue weighted by atomic mass is 31.2. The number of aliphatic hydroxyl groups is 2. The second-order valence-electron chi connectivity index (χ2n) is 9.99. The molecule has 0 spiro atoms. The van der Waals surface area contributed by atoms with Crippen molar-refractivity contribution in [2.45, 2.75) is 50.2 Å². The molecule has 5 atom stereocenters. The number of ether oxygens (including phenoxy) is 2. The first kappa shape index (κ1) is 31.7. The van der Waals surface area contributed by atoms with Crippen molar-refractivity contribution < 1.29 is 38.1 Å². The lowest BCUT2D eigenvalue weighted by Crippen LogP contribution is -2.49. The lowest BCUT2D eigenvalue weighted by Gasteiger charge is -2.32. The number of benzene rings is 2. The van der Waals surface area contributed by atoms with Crippen LogP contribution in [-0.4, -0.2) is 55.8 Å². The highest BCUT2D eigenvalue weighted by molar-refractivity contribution is 7.52. The molecule has 43 heavy (non-hydrogen) atoms. The maximum absolute atomic E-state index is 14.1. The maximum atomic E-state index is 14.1. The number of nitrogens with two attached hydrogens (primary N) is 1. The van der Waals surface area contributed by atoms with Gasteiger partial charge < -0.3 is 29.9 Å². The highest BCUT2D eigenvalue weighted by Gasteiger charge is 2.57. The molecule has 5 N–H and O–H groups in total. The number of nitrogens with zero attached hydrogens (tertiary/aromatic N) is 5. The third-order valence-electron chi connectivity index (χ3n) is 6.29. The fourth-order valence-electron chi connectivity index (χ4n) is 4.09. The van der Waals surface area contributed by atoms with E-state index in [-0.39, 0.29) is 18.2 Å². The summed E-state index contributed by atoms with van der Waals surface area (Å²) in [6.07, 6.45) is -4.25. The van der Waals surface area contributed by atoms with Crippen LogP contribution in [0.15, 0.2) is 82.8 Å². The SMILES string of the molecule is CC(C)(NP(=O)(OCC1(N=[N+]=[N-])O[C@@H](n2ccc(N)nc2=O)[C@H](O)[C@@H]1O)Oc1ccccc1)C(=O)OCc1ccccc1. The minimum atomic E-state index is -4.59. The lowest BCUT2D eigenvalue weighted by molar-refractivity contribution is -0.151. The standard InChI is InChI=1S/C26H30N7O9P/c1-25(2,23(36)39-15-17-9-5-3-6-10-17)31-43(38,42-18-11-7-4-8-12-18)40-16-26(30-32-28)21(35)20(34)22(41-26)33-14-13-19(27)29-24(33)37/h3-14,20-22,34-35H,15-16H2,1-2H3,(H,31,38)(H2,27,29,37)/t20-,21+,22-,26?,43?/m1/s1. The van der Waals surface area contributed by atoms with Gasteiger partial charge in [0.15, 0.2) is 6.23 Å². The van der Waals surface area contributed by atoms with Crippen LogP contribution in [0.25, 0.3) is 10.4 Å². The monoisotopic (exact) mass is 615 g/mol. The van der Waals surface area contributed by atoms with Crippen LogP contribution in [-0.2, 0) is 30.0 Å². The summed E-state index contributed by atoms with van der Waals surface area (Å²) in [5.41, 5.74) is 10.5. The molecular weight excluding hydrogens is 585 g/mol. The van der Waals surface area contributed by atoms with E-state index in [0.717, 1.165) is 16.3 Å². The molecule has 1 aromatic heterocycles. The summed E-state index contributed by atoms with van der Waals surface area (Å²) in [4.78, 5) is 31.6. The summed E-state index contributed by atoms with van der Waals surface area (Å²) in [5, 5.41) is 27.7. The molecule has 0 bridgehead atoms. The number of esters is 1. The zero-order valence-electron chi connectivity index (χ0n) is 23.1. The van der Waals surface area contributed by atoms with E-state index in [1.54, 1.807) is 42.5 Å². The predicted octanol–water partition coefficient (Wildman–Crippen LogP) is 2.40. The Kier molecular flexibility index (Phi) is 9.52. The van der Waals surface area contributed by atoms with Crippen molar-refractivity contribution in [3.63, 3.8) is 0 Å². The van der Waals surface area contributed by atoms with Crippen molar-refractivity contribution in [3.05, 3.63) is 99.4 Å². The van der Waals surface area contributed by atoms with Gasteiger partial charge >= 0.3 is 19.4 Å². The van der Waals surface area contributed by atoms with Gasteiger partial charge in [0, 0.05) is 11.1 Å². The first-order valence-electron chi connectivity index (χ1n) is 12.8. The molecule has 228 valence electrons. The average molecular weight is 616 g/mol. The molecular formula is C26H30N7O9P. The molecule has 2 unspecified atom stereocenters. The van der Waals surface area contributed by atoms with Crippen molar-refractivity contribution in [2.24, 2.45) is 5.11 Å². The summed E-state index contributed by atoms with van der Waals surface area (Å²) in [5.74, 6) is -0.826. The number of carbonyl (C=O) groups is 1. The van der Waals surface area contributed by atoms with Gasteiger partial charge in [0.05, 0.1) is 6.61 Å². The van der Waals surface area contributed by atoms with Crippen LogP contribution < -0.4 is 21.0 Å². The van der Waals surface area contributed by atoms with Gasteiger partial charge in [0.2, 0.25) is 5.72 Å². The number of hydrogen-bond donors (Lipinski definition) is 4. The molecule has 16 nitrogen and oxygen atoms in total. The molecule has 1 saturated heterocycles. The average Bonchev–Trinajstić information content (AvgIpc) is 3.21. The zero-order valence-corrected chi connectivity index (χ0v) is 24.0. The number of carbonyl (C=O) groups excluding carboxylic acids is 1. The van der Waals surface area contributed by atoms with E-state index >= 15 is 0 Å². The van der Waals surface area contributed by atoms with E-state index in [1.807, 2.05) is 6.07 Å². The van der Waals surface area contributed by atoms with Gasteiger partial charge in [-0.2, -0.15) is 10.1 Å². The van der Waals surface area contributed by atoms with Crippen LogP contribution in [0.2, 0.25) is 0 Å². The number of para-hydroxylation sites is 1. The van der Waals surface area contributed by atoms with Crippen LogP contribution in [0, 0.1) is 0 Å². The maximum Gasteiger partial charge on any atom is 0.459 e. The summed E-state index contributed by atoms with van der Waals surface area (Å²) >= 11 is 0. The Labute approximate surface area is 245 Å². The van der Waals surface area contributed by atoms with Gasteiger partial charge in [0.25, 0.3) is 0 Å². The molecule has 0 amide bonds. The van der Waals surface area contributed by atoms with Gasteiger partial charge in [0.1, 0.15) is 35.9 Å². The second kappa shape index (κ2) is 12.9. The van der Waals surface area contributed by atoms with Crippen LogP contribution >= 0.6 is 7.75 Å². The van der Waals surface area contributed by atoms with Crippen LogP contribution in [0.1, 0.15) is 25.6 Å². The van der Waals surface area contributed by atoms with Crippen molar-refractivity contribution >= 4 is 19.5 Å². The number of rotatable bonds is 12. The predicted molar refractivity (Wildman–Crippen MR) is 151 cm³/mol. The first-order chi connectivity index (χ1) is 20.4. The van der Waals surface area contributed by atoms with E-state index in [4.69, 9.17) is 24.3 Å². The number of hydrogen-bond acceptors (Lipinski definition) is 12. The van der Waals surface area contributed by atoms with Crippen LogP contribution in [0.5, 0.6) is 5.75 Å². The number of azide groups is 1. The van der Waals surface area contributed by atoms with Gasteiger partial charge in [-0.3, -0.25) is 13.9 Å². The van der Waals surface area contributed by atoms with Crippen molar-refractivity contribution in [1.29, 1.82) is 0 Å². The molecule has 0 aliphatic carbocycles. The van der Waals surface area contributed by atoms with E-state index in [1.165, 1.54) is 32.0 Å². The molecule has 0 radical (unpaired) electrons. The van der Waals surface area contributed by atoms with Crippen molar-refractivity contribution in [2.75, 3.05) is 12.3 Å².